The molecule has 31 heavy (non-hydrogen) atoms. The summed E-state index contributed by atoms with van der Waals surface area (Å²) in [6.45, 7) is 2.24. The van der Waals surface area contributed by atoms with Gasteiger partial charge in [-0.25, -0.2) is 4.98 Å². The molecule has 0 spiro atoms. The number of pyridine rings is 1. The maximum atomic E-state index is 12.7. The Morgan fingerprint density at radius 2 is 1.74 bits per heavy atom. The van der Waals surface area contributed by atoms with Gasteiger partial charge < -0.3 is 9.80 Å². The first-order valence-corrected chi connectivity index (χ1v) is 9.84. The van der Waals surface area contributed by atoms with Crippen LogP contribution < -0.4 is 10.3 Å². The zero-order chi connectivity index (χ0) is 22.0. The summed E-state index contributed by atoms with van der Waals surface area (Å²) in [6.07, 6.45) is -2.10. The van der Waals surface area contributed by atoms with Crippen molar-refractivity contribution in [2.45, 2.75) is 19.1 Å². The number of hydrogen-bond acceptors (Lipinski definition) is 5. The lowest BCUT2D eigenvalue weighted by molar-refractivity contribution is -0.138. The molecule has 0 unspecified atom stereocenters. The van der Waals surface area contributed by atoms with Gasteiger partial charge in [0.05, 0.1) is 23.8 Å². The van der Waals surface area contributed by atoms with Crippen molar-refractivity contribution in [3.05, 3.63) is 64.6 Å². The highest BCUT2D eigenvalue weighted by atomic mass is 19.4. The Bertz CT molecular complexity index is 1140. The quantitative estimate of drug-likeness (QED) is 0.635. The number of fused-ring (bicyclic) bond motifs is 1. The van der Waals surface area contributed by atoms with Crippen molar-refractivity contribution < 1.29 is 18.0 Å². The fraction of sp³-hybridized carbons (Fsp3) is 0.333. The van der Waals surface area contributed by atoms with Crippen molar-refractivity contribution in [2.24, 2.45) is 0 Å². The second kappa shape index (κ2) is 8.37. The van der Waals surface area contributed by atoms with E-state index in [4.69, 9.17) is 0 Å². The Hall–Kier alpha value is -3.43. The van der Waals surface area contributed by atoms with Crippen LogP contribution in [-0.2, 0) is 17.5 Å². The standard InChI is InChI=1S/C21H20F3N5O2/c22-21(23,24)15-5-6-19(25-13-15)27-9-11-28(12-10-27)20(31)7-8-29-17-4-2-1-3-16(17)18(30)14-26-29/h1-6,13-14H,7-12H2. The Morgan fingerprint density at radius 1 is 1.00 bits per heavy atom. The summed E-state index contributed by atoms with van der Waals surface area (Å²) >= 11 is 0. The van der Waals surface area contributed by atoms with E-state index in [0.717, 1.165) is 12.3 Å². The number of hydrogen-bond donors (Lipinski definition) is 0. The SMILES string of the molecule is O=C(CCn1ncc(=O)c2ccccc21)N1CCN(c2ccc(C(F)(F)F)cn2)CC1. The van der Waals surface area contributed by atoms with Crippen LogP contribution in [0.25, 0.3) is 10.9 Å². The van der Waals surface area contributed by atoms with Crippen LogP contribution in [-0.4, -0.2) is 51.8 Å². The largest absolute Gasteiger partial charge is 0.417 e. The van der Waals surface area contributed by atoms with Crippen LogP contribution in [0.2, 0.25) is 0 Å². The summed E-state index contributed by atoms with van der Waals surface area (Å²) < 4.78 is 39.7. The van der Waals surface area contributed by atoms with E-state index in [9.17, 15) is 22.8 Å². The molecule has 1 aromatic carbocycles. The number of aryl methyl sites for hydroxylation is 1. The van der Waals surface area contributed by atoms with Crippen molar-refractivity contribution in [1.82, 2.24) is 19.7 Å². The highest BCUT2D eigenvalue weighted by Gasteiger charge is 2.31. The predicted molar refractivity (Wildman–Crippen MR) is 109 cm³/mol. The molecule has 7 nitrogen and oxygen atoms in total. The Labute approximate surface area is 175 Å². The minimum absolute atomic E-state index is 0.0374. The van der Waals surface area contributed by atoms with Gasteiger partial charge in [0.2, 0.25) is 11.3 Å². The molecule has 0 aliphatic carbocycles. The van der Waals surface area contributed by atoms with E-state index < -0.39 is 11.7 Å². The fourth-order valence-electron chi connectivity index (χ4n) is 3.62. The average Bonchev–Trinajstić information content (AvgIpc) is 2.78. The number of piperazine rings is 1. The summed E-state index contributed by atoms with van der Waals surface area (Å²) in [5.41, 5.74) is -0.263. The number of benzene rings is 1. The number of amides is 1. The second-order valence-corrected chi connectivity index (χ2v) is 7.27. The number of carbonyl (C=O) groups is 1. The molecule has 0 saturated carbocycles. The summed E-state index contributed by atoms with van der Waals surface area (Å²) in [6, 6.07) is 9.49. The summed E-state index contributed by atoms with van der Waals surface area (Å²) in [5.74, 6) is 0.425. The molecule has 1 aliphatic rings. The van der Waals surface area contributed by atoms with Crippen LogP contribution in [0.5, 0.6) is 0 Å². The lowest BCUT2D eigenvalue weighted by Gasteiger charge is -2.35. The molecule has 1 aliphatic heterocycles. The molecule has 1 saturated heterocycles. The van der Waals surface area contributed by atoms with Gasteiger partial charge in [-0.15, -0.1) is 0 Å². The summed E-state index contributed by atoms with van der Waals surface area (Å²) in [5, 5.41) is 4.69. The van der Waals surface area contributed by atoms with Gasteiger partial charge in [-0.3, -0.25) is 14.3 Å². The molecular weight excluding hydrogens is 411 g/mol. The van der Waals surface area contributed by atoms with E-state index in [-0.39, 0.29) is 17.8 Å². The van der Waals surface area contributed by atoms with Crippen LogP contribution in [0, 0.1) is 0 Å². The van der Waals surface area contributed by atoms with E-state index >= 15 is 0 Å². The first kappa shape index (κ1) is 20.8. The van der Waals surface area contributed by atoms with Gasteiger partial charge in [-0.05, 0) is 24.3 Å². The topological polar surface area (TPSA) is 71.3 Å². The van der Waals surface area contributed by atoms with Gasteiger partial charge in [0.1, 0.15) is 5.82 Å². The maximum Gasteiger partial charge on any atom is 0.417 e. The van der Waals surface area contributed by atoms with Gasteiger partial charge in [-0.1, -0.05) is 12.1 Å². The maximum absolute atomic E-state index is 12.7. The highest BCUT2D eigenvalue weighted by molar-refractivity contribution is 5.79. The number of halogens is 3. The molecule has 2 aromatic heterocycles. The van der Waals surface area contributed by atoms with Crippen molar-refractivity contribution in [1.29, 1.82) is 0 Å². The molecule has 162 valence electrons. The zero-order valence-corrected chi connectivity index (χ0v) is 16.5. The van der Waals surface area contributed by atoms with Crippen LogP contribution in [0.3, 0.4) is 0 Å². The van der Waals surface area contributed by atoms with Crippen LogP contribution in [0.4, 0.5) is 19.0 Å². The molecule has 4 rings (SSSR count). The highest BCUT2D eigenvalue weighted by Crippen LogP contribution is 2.29. The minimum atomic E-state index is -4.41. The lowest BCUT2D eigenvalue weighted by Crippen LogP contribution is -2.49. The fourth-order valence-corrected chi connectivity index (χ4v) is 3.62. The number of rotatable bonds is 4. The van der Waals surface area contributed by atoms with E-state index in [0.29, 0.717) is 49.4 Å². The molecule has 10 heteroatoms. The summed E-state index contributed by atoms with van der Waals surface area (Å²) in [7, 11) is 0. The second-order valence-electron chi connectivity index (χ2n) is 7.27. The third-order valence-electron chi connectivity index (χ3n) is 5.33. The first-order chi connectivity index (χ1) is 14.8. The monoisotopic (exact) mass is 431 g/mol. The van der Waals surface area contributed by atoms with Crippen LogP contribution >= 0.6 is 0 Å². The van der Waals surface area contributed by atoms with Crippen LogP contribution in [0.1, 0.15) is 12.0 Å². The Balaban J connectivity index is 1.34. The molecule has 1 fully saturated rings. The number of anilines is 1. The van der Waals surface area contributed by atoms with E-state index in [2.05, 4.69) is 10.1 Å². The number of para-hydroxylation sites is 1. The smallest absolute Gasteiger partial charge is 0.353 e. The van der Waals surface area contributed by atoms with Crippen molar-refractivity contribution in [2.75, 3.05) is 31.1 Å². The molecule has 0 N–H and O–H groups in total. The summed E-state index contributed by atoms with van der Waals surface area (Å²) in [4.78, 5) is 32.1. The molecule has 3 aromatic rings. The molecular formula is C21H20F3N5O2. The van der Waals surface area contributed by atoms with Gasteiger partial charge in [0.25, 0.3) is 0 Å². The van der Waals surface area contributed by atoms with Crippen molar-refractivity contribution >= 4 is 22.6 Å². The third kappa shape index (κ3) is 4.52. The number of aromatic nitrogens is 3. The molecule has 0 bridgehead atoms. The predicted octanol–water partition coefficient (Wildman–Crippen LogP) is 2.55. The Kier molecular flexibility index (Phi) is 5.62. The number of nitrogens with zero attached hydrogens (tertiary/aromatic N) is 5. The van der Waals surface area contributed by atoms with Crippen LogP contribution in [0.15, 0.2) is 53.6 Å². The third-order valence-corrected chi connectivity index (χ3v) is 5.33. The van der Waals surface area contributed by atoms with Gasteiger partial charge in [0, 0.05) is 44.2 Å². The normalized spacial score (nSPS) is 14.8. The lowest BCUT2D eigenvalue weighted by atomic mass is 10.2. The van der Waals surface area contributed by atoms with E-state index in [1.54, 1.807) is 27.8 Å². The van der Waals surface area contributed by atoms with Gasteiger partial charge in [-0.2, -0.15) is 18.3 Å². The zero-order valence-electron chi connectivity index (χ0n) is 16.5. The van der Waals surface area contributed by atoms with Gasteiger partial charge >= 0.3 is 6.18 Å². The first-order valence-electron chi connectivity index (χ1n) is 9.84. The van der Waals surface area contributed by atoms with Crippen molar-refractivity contribution in [3.63, 3.8) is 0 Å². The molecule has 1 amide bonds. The average molecular weight is 431 g/mol. The molecule has 3 heterocycles. The van der Waals surface area contributed by atoms with Gasteiger partial charge in [0.15, 0.2) is 0 Å². The van der Waals surface area contributed by atoms with Crippen molar-refractivity contribution in [3.8, 4) is 0 Å². The van der Waals surface area contributed by atoms with E-state index in [1.165, 1.54) is 12.3 Å². The molecule has 0 atom stereocenters. The number of alkyl halides is 3. The Morgan fingerprint density at radius 3 is 2.42 bits per heavy atom. The molecule has 0 radical (unpaired) electrons. The minimum Gasteiger partial charge on any atom is -0.353 e. The van der Waals surface area contributed by atoms with E-state index in [1.807, 2.05) is 11.0 Å². The number of carbonyl (C=O) groups excluding carboxylic acids is 1.